The van der Waals surface area contributed by atoms with Crippen molar-refractivity contribution in [2.24, 2.45) is 0 Å². The van der Waals surface area contributed by atoms with E-state index in [-0.39, 0.29) is 10.8 Å². The number of carbonyl (C=O) groups is 1. The second-order valence-corrected chi connectivity index (χ2v) is 8.38. The molecule has 0 unspecified atom stereocenters. The quantitative estimate of drug-likeness (QED) is 0.704. The first-order valence-corrected chi connectivity index (χ1v) is 10.5. The third-order valence-electron chi connectivity index (χ3n) is 4.43. The van der Waals surface area contributed by atoms with Gasteiger partial charge in [0.1, 0.15) is 12.4 Å². The van der Waals surface area contributed by atoms with Crippen molar-refractivity contribution in [2.75, 3.05) is 26.2 Å². The molecule has 1 aliphatic rings. The van der Waals surface area contributed by atoms with Gasteiger partial charge in [0, 0.05) is 13.1 Å². The minimum atomic E-state index is -3.40. The van der Waals surface area contributed by atoms with Gasteiger partial charge in [0.15, 0.2) is 0 Å². The number of carbonyl (C=O) groups excluding carboxylic acids is 1. The summed E-state index contributed by atoms with van der Waals surface area (Å²) in [4.78, 5) is 12.2. The molecule has 1 fully saturated rings. The first-order valence-electron chi connectivity index (χ1n) is 9.09. The molecule has 1 amide bonds. The molecule has 0 atom stereocenters. The van der Waals surface area contributed by atoms with Crippen molar-refractivity contribution >= 4 is 15.9 Å². The standard InChI is InChI=1S/C20H24N2O4S/c23-20(16-17-6-2-1-3-7-17)21-12-15-26-18-8-10-19(11-9-18)27(24,25)22-13-4-5-14-22/h1-3,6-11H,4-5,12-16H2,(H,21,23). The Morgan fingerprint density at radius 2 is 1.67 bits per heavy atom. The molecule has 144 valence electrons. The second kappa shape index (κ2) is 9.01. The van der Waals surface area contributed by atoms with Crippen molar-refractivity contribution in [2.45, 2.75) is 24.2 Å². The summed E-state index contributed by atoms with van der Waals surface area (Å²) in [6.45, 7) is 1.88. The molecule has 1 heterocycles. The van der Waals surface area contributed by atoms with Crippen LogP contribution in [0.25, 0.3) is 0 Å². The number of hydrogen-bond acceptors (Lipinski definition) is 4. The molecule has 0 bridgehead atoms. The molecule has 1 N–H and O–H groups in total. The van der Waals surface area contributed by atoms with Gasteiger partial charge in [0.25, 0.3) is 0 Å². The molecule has 2 aromatic carbocycles. The lowest BCUT2D eigenvalue weighted by atomic mass is 10.1. The van der Waals surface area contributed by atoms with E-state index in [0.717, 1.165) is 18.4 Å². The monoisotopic (exact) mass is 388 g/mol. The Labute approximate surface area is 160 Å². The van der Waals surface area contributed by atoms with Crippen LogP contribution in [-0.2, 0) is 21.2 Å². The third-order valence-corrected chi connectivity index (χ3v) is 6.34. The fourth-order valence-corrected chi connectivity index (χ4v) is 4.51. The zero-order chi connectivity index (χ0) is 19.1. The predicted octanol–water partition coefficient (Wildman–Crippen LogP) is 2.21. The van der Waals surface area contributed by atoms with Gasteiger partial charge in [-0.2, -0.15) is 4.31 Å². The van der Waals surface area contributed by atoms with Crippen LogP contribution < -0.4 is 10.1 Å². The van der Waals surface area contributed by atoms with E-state index in [2.05, 4.69) is 5.32 Å². The van der Waals surface area contributed by atoms with Crippen LogP contribution in [0.2, 0.25) is 0 Å². The van der Waals surface area contributed by atoms with Gasteiger partial charge in [-0.1, -0.05) is 30.3 Å². The Kier molecular flexibility index (Phi) is 6.47. The molecule has 0 aromatic heterocycles. The summed E-state index contributed by atoms with van der Waals surface area (Å²) < 4.78 is 32.0. The van der Waals surface area contributed by atoms with Crippen LogP contribution in [0.5, 0.6) is 5.75 Å². The Morgan fingerprint density at radius 3 is 2.33 bits per heavy atom. The van der Waals surface area contributed by atoms with E-state index in [4.69, 9.17) is 4.74 Å². The maximum Gasteiger partial charge on any atom is 0.243 e. The molecule has 0 spiro atoms. The number of benzene rings is 2. The zero-order valence-corrected chi connectivity index (χ0v) is 16.0. The summed E-state index contributed by atoms with van der Waals surface area (Å²) in [5, 5.41) is 2.81. The van der Waals surface area contributed by atoms with Gasteiger partial charge < -0.3 is 10.1 Å². The molecule has 0 saturated carbocycles. The average Bonchev–Trinajstić information content (AvgIpc) is 3.22. The maximum atomic E-state index is 12.5. The Morgan fingerprint density at radius 1 is 1.00 bits per heavy atom. The number of nitrogens with one attached hydrogen (secondary N) is 1. The highest BCUT2D eigenvalue weighted by molar-refractivity contribution is 7.89. The van der Waals surface area contributed by atoms with E-state index in [1.54, 1.807) is 24.3 Å². The van der Waals surface area contributed by atoms with E-state index in [0.29, 0.717) is 38.4 Å². The molecule has 0 radical (unpaired) electrons. The molecule has 1 aliphatic heterocycles. The fourth-order valence-electron chi connectivity index (χ4n) is 2.99. The summed E-state index contributed by atoms with van der Waals surface area (Å²) in [7, 11) is -3.40. The van der Waals surface area contributed by atoms with Gasteiger partial charge >= 0.3 is 0 Å². The lowest BCUT2D eigenvalue weighted by Gasteiger charge is -2.15. The molecule has 3 rings (SSSR count). The highest BCUT2D eigenvalue weighted by Gasteiger charge is 2.26. The van der Waals surface area contributed by atoms with Crippen LogP contribution in [0.4, 0.5) is 0 Å². The summed E-state index contributed by atoms with van der Waals surface area (Å²) in [5.74, 6) is 0.518. The van der Waals surface area contributed by atoms with Crippen LogP contribution in [0.1, 0.15) is 18.4 Å². The van der Waals surface area contributed by atoms with Crippen molar-refractivity contribution in [3.63, 3.8) is 0 Å². The van der Waals surface area contributed by atoms with Crippen LogP contribution >= 0.6 is 0 Å². The van der Waals surface area contributed by atoms with E-state index in [9.17, 15) is 13.2 Å². The highest BCUT2D eigenvalue weighted by Crippen LogP contribution is 2.22. The Balaban J connectivity index is 1.43. The fraction of sp³-hybridized carbons (Fsp3) is 0.350. The first kappa shape index (κ1) is 19.4. The van der Waals surface area contributed by atoms with Crippen molar-refractivity contribution in [3.8, 4) is 5.75 Å². The molecule has 2 aromatic rings. The predicted molar refractivity (Wildman–Crippen MR) is 103 cm³/mol. The Hall–Kier alpha value is -2.38. The van der Waals surface area contributed by atoms with Gasteiger partial charge in [-0.25, -0.2) is 8.42 Å². The van der Waals surface area contributed by atoms with Crippen molar-refractivity contribution in [1.82, 2.24) is 9.62 Å². The van der Waals surface area contributed by atoms with E-state index >= 15 is 0 Å². The molecule has 0 aliphatic carbocycles. The molecular formula is C20H24N2O4S. The maximum absolute atomic E-state index is 12.5. The summed E-state index contributed by atoms with van der Waals surface area (Å²) in [6.07, 6.45) is 2.16. The van der Waals surface area contributed by atoms with Crippen molar-refractivity contribution < 1.29 is 17.9 Å². The van der Waals surface area contributed by atoms with Crippen LogP contribution in [-0.4, -0.2) is 44.9 Å². The summed E-state index contributed by atoms with van der Waals surface area (Å²) in [6, 6.07) is 16.0. The molecule has 7 heteroatoms. The lowest BCUT2D eigenvalue weighted by Crippen LogP contribution is -2.29. The van der Waals surface area contributed by atoms with Crippen molar-refractivity contribution in [1.29, 1.82) is 0 Å². The van der Waals surface area contributed by atoms with Gasteiger partial charge in [-0.3, -0.25) is 4.79 Å². The van der Waals surface area contributed by atoms with E-state index in [1.807, 2.05) is 30.3 Å². The highest BCUT2D eigenvalue weighted by atomic mass is 32.2. The Bertz CT molecular complexity index is 845. The van der Waals surface area contributed by atoms with E-state index in [1.165, 1.54) is 4.31 Å². The van der Waals surface area contributed by atoms with E-state index < -0.39 is 10.0 Å². The largest absolute Gasteiger partial charge is 0.492 e. The number of amides is 1. The minimum absolute atomic E-state index is 0.0585. The average molecular weight is 388 g/mol. The number of ether oxygens (including phenoxy) is 1. The molecule has 6 nitrogen and oxygen atoms in total. The number of nitrogens with zero attached hydrogens (tertiary/aromatic N) is 1. The van der Waals surface area contributed by atoms with Gasteiger partial charge in [0.2, 0.25) is 15.9 Å². The SMILES string of the molecule is O=C(Cc1ccccc1)NCCOc1ccc(S(=O)(=O)N2CCCC2)cc1. The van der Waals surface area contributed by atoms with Crippen LogP contribution in [0, 0.1) is 0 Å². The summed E-state index contributed by atoms with van der Waals surface area (Å²) >= 11 is 0. The number of rotatable bonds is 8. The summed E-state index contributed by atoms with van der Waals surface area (Å²) in [5.41, 5.74) is 0.964. The van der Waals surface area contributed by atoms with Crippen LogP contribution in [0.3, 0.4) is 0 Å². The molecular weight excluding hydrogens is 364 g/mol. The number of sulfonamides is 1. The topological polar surface area (TPSA) is 75.7 Å². The van der Waals surface area contributed by atoms with Crippen LogP contribution in [0.15, 0.2) is 59.5 Å². The first-order chi connectivity index (χ1) is 13.1. The smallest absolute Gasteiger partial charge is 0.243 e. The normalized spacial score (nSPS) is 14.8. The van der Waals surface area contributed by atoms with Gasteiger partial charge in [0.05, 0.1) is 17.9 Å². The number of hydrogen-bond donors (Lipinski definition) is 1. The second-order valence-electron chi connectivity index (χ2n) is 6.44. The zero-order valence-electron chi connectivity index (χ0n) is 15.1. The molecule has 27 heavy (non-hydrogen) atoms. The van der Waals surface area contributed by atoms with Crippen molar-refractivity contribution in [3.05, 3.63) is 60.2 Å². The van der Waals surface area contributed by atoms with Gasteiger partial charge in [-0.15, -0.1) is 0 Å². The van der Waals surface area contributed by atoms with Gasteiger partial charge in [-0.05, 0) is 42.7 Å². The molecule has 1 saturated heterocycles. The lowest BCUT2D eigenvalue weighted by molar-refractivity contribution is -0.120. The minimum Gasteiger partial charge on any atom is -0.492 e. The third kappa shape index (κ3) is 5.30.